The number of phenols is 1. The van der Waals surface area contributed by atoms with Gasteiger partial charge in [-0.15, -0.1) is 0 Å². The van der Waals surface area contributed by atoms with Gasteiger partial charge in [0, 0.05) is 6.04 Å². The van der Waals surface area contributed by atoms with E-state index in [0.29, 0.717) is 4.47 Å². The van der Waals surface area contributed by atoms with Crippen LogP contribution in [0.5, 0.6) is 5.75 Å². The molecule has 0 aromatic heterocycles. The van der Waals surface area contributed by atoms with Crippen molar-refractivity contribution < 1.29 is 5.11 Å². The van der Waals surface area contributed by atoms with Gasteiger partial charge >= 0.3 is 0 Å². The van der Waals surface area contributed by atoms with E-state index in [4.69, 9.17) is 5.73 Å². The number of hydrogen-bond acceptors (Lipinski definition) is 2. The second kappa shape index (κ2) is 3.26. The number of phenolic OH excluding ortho intramolecular Hbond substituents is 1. The zero-order chi connectivity index (χ0) is 9.59. The molecule has 0 amide bonds. The molecule has 0 heterocycles. The zero-order valence-corrected chi connectivity index (χ0v) is 10.0. The lowest BCUT2D eigenvalue weighted by atomic mass is 10.1. The highest BCUT2D eigenvalue weighted by molar-refractivity contribution is 9.11. The van der Waals surface area contributed by atoms with Crippen LogP contribution in [0, 0.1) is 0 Å². The second-order valence-electron chi connectivity index (χ2n) is 3.23. The largest absolute Gasteiger partial charge is 0.506 e. The number of aromatic hydroxyl groups is 1. The topological polar surface area (TPSA) is 46.2 Å². The second-order valence-corrected chi connectivity index (χ2v) is 4.88. The number of nitrogens with two attached hydrogens (primary N) is 1. The molecule has 0 saturated carbocycles. The van der Waals surface area contributed by atoms with E-state index in [-0.39, 0.29) is 11.8 Å². The Morgan fingerprint density at radius 1 is 1.46 bits per heavy atom. The highest BCUT2D eigenvalue weighted by Crippen LogP contribution is 2.43. The maximum atomic E-state index is 9.62. The van der Waals surface area contributed by atoms with Crippen molar-refractivity contribution in [2.24, 2.45) is 5.73 Å². The van der Waals surface area contributed by atoms with Gasteiger partial charge in [-0.25, -0.2) is 0 Å². The van der Waals surface area contributed by atoms with Crippen LogP contribution in [-0.4, -0.2) is 5.11 Å². The van der Waals surface area contributed by atoms with Crippen molar-refractivity contribution in [1.82, 2.24) is 0 Å². The molecule has 0 saturated heterocycles. The molecule has 3 N–H and O–H groups in total. The summed E-state index contributed by atoms with van der Waals surface area (Å²) in [6.45, 7) is 0. The van der Waals surface area contributed by atoms with Crippen molar-refractivity contribution in [1.29, 1.82) is 0 Å². The maximum Gasteiger partial charge on any atom is 0.144 e. The lowest BCUT2D eigenvalue weighted by Crippen LogP contribution is -2.05. The summed E-state index contributed by atoms with van der Waals surface area (Å²) < 4.78 is 1.49. The molecule has 2 nitrogen and oxygen atoms in total. The molecule has 0 spiro atoms. The molecule has 0 bridgehead atoms. The van der Waals surface area contributed by atoms with E-state index in [1.165, 1.54) is 0 Å². The third kappa shape index (κ3) is 1.41. The third-order valence-corrected chi connectivity index (χ3v) is 3.89. The van der Waals surface area contributed by atoms with Crippen LogP contribution in [0.15, 0.2) is 15.0 Å². The minimum atomic E-state index is 0.114. The van der Waals surface area contributed by atoms with Gasteiger partial charge < -0.3 is 10.8 Å². The van der Waals surface area contributed by atoms with Crippen LogP contribution < -0.4 is 5.73 Å². The minimum absolute atomic E-state index is 0.114. The molecule has 1 aliphatic carbocycles. The van der Waals surface area contributed by atoms with Crippen LogP contribution in [-0.2, 0) is 6.42 Å². The molecule has 4 heteroatoms. The van der Waals surface area contributed by atoms with Crippen LogP contribution in [0.3, 0.4) is 0 Å². The van der Waals surface area contributed by atoms with Gasteiger partial charge in [0.2, 0.25) is 0 Å². The summed E-state index contributed by atoms with van der Waals surface area (Å²) in [5.41, 5.74) is 8.19. The number of halogens is 2. The highest BCUT2D eigenvalue weighted by Gasteiger charge is 2.24. The Kier molecular flexibility index (Phi) is 2.38. The quantitative estimate of drug-likeness (QED) is 0.774. The number of hydrogen-bond donors (Lipinski definition) is 2. The maximum absolute atomic E-state index is 9.62. The molecule has 13 heavy (non-hydrogen) atoms. The van der Waals surface area contributed by atoms with E-state index in [2.05, 4.69) is 31.9 Å². The number of benzene rings is 1. The van der Waals surface area contributed by atoms with Gasteiger partial charge in [0.05, 0.1) is 8.95 Å². The summed E-state index contributed by atoms with van der Waals surface area (Å²) in [5.74, 6) is 0.271. The Hall–Kier alpha value is -0.0600. The summed E-state index contributed by atoms with van der Waals surface area (Å²) in [5, 5.41) is 9.62. The molecule has 0 fully saturated rings. The van der Waals surface area contributed by atoms with Gasteiger partial charge in [-0.3, -0.25) is 0 Å². The molecule has 1 atom stereocenters. The molecule has 0 unspecified atom stereocenters. The fraction of sp³-hybridized carbons (Fsp3) is 0.333. The highest BCUT2D eigenvalue weighted by atomic mass is 79.9. The number of rotatable bonds is 0. The van der Waals surface area contributed by atoms with Crippen molar-refractivity contribution in [2.45, 2.75) is 18.9 Å². The Balaban J connectivity index is 2.67. The Labute approximate surface area is 93.4 Å². The average molecular weight is 307 g/mol. The van der Waals surface area contributed by atoms with Crippen molar-refractivity contribution in [3.63, 3.8) is 0 Å². The lowest BCUT2D eigenvalue weighted by Gasteiger charge is -2.09. The molecule has 2 rings (SSSR count). The lowest BCUT2D eigenvalue weighted by molar-refractivity contribution is 0.467. The van der Waals surface area contributed by atoms with Crippen molar-refractivity contribution in [3.8, 4) is 5.75 Å². The predicted molar refractivity (Wildman–Crippen MR) is 58.8 cm³/mol. The normalized spacial score (nSPS) is 20.4. The third-order valence-electron chi connectivity index (χ3n) is 2.43. The minimum Gasteiger partial charge on any atom is -0.506 e. The predicted octanol–water partition coefficient (Wildman–Crippen LogP) is 2.86. The van der Waals surface area contributed by atoms with Gasteiger partial charge in [0.1, 0.15) is 5.75 Å². The molecular formula is C9H9Br2NO. The van der Waals surface area contributed by atoms with Gasteiger partial charge in [-0.05, 0) is 61.9 Å². The molecule has 0 aliphatic heterocycles. The first-order valence-electron chi connectivity index (χ1n) is 4.06. The Bertz CT molecular complexity index is 365. The summed E-state index contributed by atoms with van der Waals surface area (Å²) in [4.78, 5) is 0. The van der Waals surface area contributed by atoms with Crippen molar-refractivity contribution >= 4 is 31.9 Å². The van der Waals surface area contributed by atoms with Gasteiger partial charge in [0.15, 0.2) is 0 Å². The van der Waals surface area contributed by atoms with Crippen LogP contribution in [0.25, 0.3) is 0 Å². The fourth-order valence-electron chi connectivity index (χ4n) is 1.71. The van der Waals surface area contributed by atoms with E-state index >= 15 is 0 Å². The van der Waals surface area contributed by atoms with Gasteiger partial charge in [-0.2, -0.15) is 0 Å². The summed E-state index contributed by atoms with van der Waals surface area (Å²) in [6, 6.07) is 2.02. The van der Waals surface area contributed by atoms with Crippen LogP contribution in [0.4, 0.5) is 0 Å². The molecule has 1 aromatic rings. The zero-order valence-electron chi connectivity index (χ0n) is 6.85. The average Bonchev–Trinajstić information content (AvgIpc) is 2.45. The molecule has 0 radical (unpaired) electrons. The Morgan fingerprint density at radius 2 is 2.15 bits per heavy atom. The summed E-state index contributed by atoms with van der Waals surface area (Å²) in [6.07, 6.45) is 1.90. The van der Waals surface area contributed by atoms with E-state index in [0.717, 1.165) is 28.4 Å². The first-order valence-corrected chi connectivity index (χ1v) is 5.65. The molecule has 70 valence electrons. The van der Waals surface area contributed by atoms with Crippen molar-refractivity contribution in [2.75, 3.05) is 0 Å². The monoisotopic (exact) mass is 305 g/mol. The van der Waals surface area contributed by atoms with E-state index in [1.54, 1.807) is 0 Å². The summed E-state index contributed by atoms with van der Waals surface area (Å²) in [7, 11) is 0. The summed E-state index contributed by atoms with van der Waals surface area (Å²) >= 11 is 6.67. The first kappa shape index (κ1) is 9.49. The SMILES string of the molecule is N[C@H]1CCc2c1cc(Br)c(O)c2Br. The smallest absolute Gasteiger partial charge is 0.144 e. The Morgan fingerprint density at radius 3 is 2.85 bits per heavy atom. The fourth-order valence-corrected chi connectivity index (χ4v) is 3.06. The molecule has 1 aliphatic rings. The van der Waals surface area contributed by atoms with E-state index in [1.807, 2.05) is 6.07 Å². The molecule has 1 aromatic carbocycles. The van der Waals surface area contributed by atoms with Crippen LogP contribution >= 0.6 is 31.9 Å². The van der Waals surface area contributed by atoms with Crippen LogP contribution in [0.1, 0.15) is 23.6 Å². The number of fused-ring (bicyclic) bond motifs is 1. The standard InChI is InChI=1S/C9H9Br2NO/c10-6-3-5-4(1-2-7(5)12)8(11)9(6)13/h3,7,13H,1-2,12H2/t7-/m0/s1. The molecular weight excluding hydrogens is 298 g/mol. The first-order chi connectivity index (χ1) is 6.11. The van der Waals surface area contributed by atoms with Gasteiger partial charge in [0.25, 0.3) is 0 Å². The van der Waals surface area contributed by atoms with Gasteiger partial charge in [-0.1, -0.05) is 0 Å². The van der Waals surface area contributed by atoms with E-state index in [9.17, 15) is 5.11 Å². The van der Waals surface area contributed by atoms with Crippen molar-refractivity contribution in [3.05, 3.63) is 26.1 Å². The van der Waals surface area contributed by atoms with E-state index < -0.39 is 0 Å². The van der Waals surface area contributed by atoms with Crippen LogP contribution in [0.2, 0.25) is 0 Å².